The number of hydrogen-bond acceptors (Lipinski definition) is 3. The summed E-state index contributed by atoms with van der Waals surface area (Å²) in [6, 6.07) is 0.0416. The Kier molecular flexibility index (Phi) is 5.92. The molecule has 1 saturated heterocycles. The van der Waals surface area contributed by atoms with Crippen molar-refractivity contribution in [2.24, 2.45) is 17.6 Å². The summed E-state index contributed by atoms with van der Waals surface area (Å²) in [5.41, 5.74) is 5.72. The molecule has 1 aliphatic heterocycles. The highest BCUT2D eigenvalue weighted by Gasteiger charge is 2.29. The molecule has 1 amide bonds. The molecule has 0 aromatic rings. The Bertz CT molecular complexity index is 244. The first-order valence-corrected chi connectivity index (χ1v) is 6.68. The Morgan fingerprint density at radius 1 is 1.53 bits per heavy atom. The molecule has 0 saturated carbocycles. The van der Waals surface area contributed by atoms with Gasteiger partial charge in [-0.15, -0.1) is 0 Å². The molecule has 0 spiro atoms. The van der Waals surface area contributed by atoms with Crippen LogP contribution in [0.2, 0.25) is 0 Å². The molecule has 100 valence electrons. The standard InChI is InChI=1S/C13H26N2O2/c1-10(2)6-11(8-14)7-13(17)15-5-3-4-12(15)9-16/h10-12,16H,3-9,14H2,1-2H3/t11?,12-/m0/s1. The van der Waals surface area contributed by atoms with Crippen molar-refractivity contribution < 1.29 is 9.90 Å². The minimum absolute atomic E-state index is 0.0416. The molecule has 0 aromatic carbocycles. The fourth-order valence-corrected chi connectivity index (χ4v) is 2.65. The highest BCUT2D eigenvalue weighted by molar-refractivity contribution is 5.77. The summed E-state index contributed by atoms with van der Waals surface area (Å²) in [7, 11) is 0. The van der Waals surface area contributed by atoms with Crippen LogP contribution in [0.15, 0.2) is 0 Å². The maximum Gasteiger partial charge on any atom is 0.223 e. The summed E-state index contributed by atoms with van der Waals surface area (Å²) in [5.74, 6) is 1.02. The molecular formula is C13H26N2O2. The molecule has 0 aromatic heterocycles. The van der Waals surface area contributed by atoms with Crippen molar-refractivity contribution in [1.82, 2.24) is 4.90 Å². The lowest BCUT2D eigenvalue weighted by Gasteiger charge is -2.25. The van der Waals surface area contributed by atoms with Gasteiger partial charge in [-0.05, 0) is 37.6 Å². The quantitative estimate of drug-likeness (QED) is 0.729. The van der Waals surface area contributed by atoms with Crippen LogP contribution in [0.25, 0.3) is 0 Å². The zero-order valence-electron chi connectivity index (χ0n) is 11.1. The summed E-state index contributed by atoms with van der Waals surface area (Å²) in [6.07, 6.45) is 3.47. The average molecular weight is 242 g/mol. The predicted molar refractivity (Wildman–Crippen MR) is 68.4 cm³/mol. The first kappa shape index (κ1) is 14.5. The molecule has 2 atom stereocenters. The summed E-state index contributed by atoms with van der Waals surface area (Å²) in [6.45, 7) is 5.76. The molecule has 0 bridgehead atoms. The second-order valence-corrected chi connectivity index (χ2v) is 5.50. The van der Waals surface area contributed by atoms with Crippen LogP contribution in [-0.2, 0) is 4.79 Å². The van der Waals surface area contributed by atoms with Gasteiger partial charge >= 0.3 is 0 Å². The van der Waals surface area contributed by atoms with Gasteiger partial charge in [0.2, 0.25) is 5.91 Å². The normalized spacial score (nSPS) is 22.2. The van der Waals surface area contributed by atoms with Crippen LogP contribution in [0.5, 0.6) is 0 Å². The largest absolute Gasteiger partial charge is 0.394 e. The third-order valence-corrected chi connectivity index (χ3v) is 3.51. The van der Waals surface area contributed by atoms with Crippen LogP contribution in [0, 0.1) is 11.8 Å². The molecule has 1 fully saturated rings. The highest BCUT2D eigenvalue weighted by Crippen LogP contribution is 2.21. The number of hydrogen-bond donors (Lipinski definition) is 2. The van der Waals surface area contributed by atoms with E-state index in [1.54, 1.807) is 0 Å². The van der Waals surface area contributed by atoms with Crippen molar-refractivity contribution in [3.05, 3.63) is 0 Å². The SMILES string of the molecule is CC(C)CC(CN)CC(=O)N1CCC[C@H]1CO. The molecular weight excluding hydrogens is 216 g/mol. The van der Waals surface area contributed by atoms with Crippen LogP contribution in [0.1, 0.15) is 39.5 Å². The molecule has 3 N–H and O–H groups in total. The Balaban J connectivity index is 2.46. The van der Waals surface area contributed by atoms with E-state index in [1.165, 1.54) is 0 Å². The number of aliphatic hydroxyl groups is 1. The van der Waals surface area contributed by atoms with E-state index in [1.807, 2.05) is 4.90 Å². The molecule has 4 heteroatoms. The first-order chi connectivity index (χ1) is 8.08. The zero-order valence-corrected chi connectivity index (χ0v) is 11.1. The summed E-state index contributed by atoms with van der Waals surface area (Å²) < 4.78 is 0. The van der Waals surface area contributed by atoms with Crippen LogP contribution in [-0.4, -0.2) is 41.7 Å². The highest BCUT2D eigenvalue weighted by atomic mass is 16.3. The molecule has 1 heterocycles. The van der Waals surface area contributed by atoms with Crippen molar-refractivity contribution >= 4 is 5.91 Å². The minimum Gasteiger partial charge on any atom is -0.394 e. The molecule has 17 heavy (non-hydrogen) atoms. The van der Waals surface area contributed by atoms with Gasteiger partial charge in [0.25, 0.3) is 0 Å². The summed E-state index contributed by atoms with van der Waals surface area (Å²) in [5, 5.41) is 9.20. The second-order valence-electron chi connectivity index (χ2n) is 5.50. The third-order valence-electron chi connectivity index (χ3n) is 3.51. The fraction of sp³-hybridized carbons (Fsp3) is 0.923. The number of nitrogens with two attached hydrogens (primary N) is 1. The second kappa shape index (κ2) is 6.97. The smallest absolute Gasteiger partial charge is 0.223 e. The van der Waals surface area contributed by atoms with E-state index >= 15 is 0 Å². The van der Waals surface area contributed by atoms with E-state index in [2.05, 4.69) is 13.8 Å². The number of carbonyl (C=O) groups is 1. The van der Waals surface area contributed by atoms with Crippen molar-refractivity contribution in [3.8, 4) is 0 Å². The van der Waals surface area contributed by atoms with Gasteiger partial charge in [-0.3, -0.25) is 4.79 Å². The fourth-order valence-electron chi connectivity index (χ4n) is 2.65. The molecule has 0 aliphatic carbocycles. The lowest BCUT2D eigenvalue weighted by atomic mass is 9.93. The van der Waals surface area contributed by atoms with E-state index in [4.69, 9.17) is 5.73 Å². The molecule has 1 aliphatic rings. The molecule has 1 unspecified atom stereocenters. The topological polar surface area (TPSA) is 66.6 Å². The van der Waals surface area contributed by atoms with Gasteiger partial charge in [-0.2, -0.15) is 0 Å². The van der Waals surface area contributed by atoms with Crippen LogP contribution >= 0.6 is 0 Å². The van der Waals surface area contributed by atoms with Gasteiger partial charge in [-0.1, -0.05) is 13.8 Å². The lowest BCUT2D eigenvalue weighted by Crippen LogP contribution is -2.39. The Morgan fingerprint density at radius 2 is 2.24 bits per heavy atom. The van der Waals surface area contributed by atoms with E-state index < -0.39 is 0 Å². The number of amides is 1. The van der Waals surface area contributed by atoms with Gasteiger partial charge in [0.15, 0.2) is 0 Å². The van der Waals surface area contributed by atoms with Crippen molar-refractivity contribution in [2.45, 2.75) is 45.6 Å². The number of carbonyl (C=O) groups excluding carboxylic acids is 1. The molecule has 0 radical (unpaired) electrons. The number of likely N-dealkylation sites (tertiary alicyclic amines) is 1. The number of nitrogens with zero attached hydrogens (tertiary/aromatic N) is 1. The zero-order chi connectivity index (χ0) is 12.8. The monoisotopic (exact) mass is 242 g/mol. The van der Waals surface area contributed by atoms with Crippen LogP contribution in [0.4, 0.5) is 0 Å². The number of aliphatic hydroxyl groups excluding tert-OH is 1. The maximum atomic E-state index is 12.1. The first-order valence-electron chi connectivity index (χ1n) is 6.68. The van der Waals surface area contributed by atoms with Crippen molar-refractivity contribution in [1.29, 1.82) is 0 Å². The van der Waals surface area contributed by atoms with E-state index in [0.29, 0.717) is 18.9 Å². The van der Waals surface area contributed by atoms with Crippen LogP contribution in [0.3, 0.4) is 0 Å². The third kappa shape index (κ3) is 4.28. The number of rotatable bonds is 6. The van der Waals surface area contributed by atoms with E-state index in [-0.39, 0.29) is 24.5 Å². The van der Waals surface area contributed by atoms with E-state index in [9.17, 15) is 9.90 Å². The Labute approximate surface area is 104 Å². The Hall–Kier alpha value is -0.610. The minimum atomic E-state index is 0.0416. The van der Waals surface area contributed by atoms with Crippen LogP contribution < -0.4 is 5.73 Å². The predicted octanol–water partition coefficient (Wildman–Crippen LogP) is 0.981. The van der Waals surface area contributed by atoms with Gasteiger partial charge < -0.3 is 15.7 Å². The maximum absolute atomic E-state index is 12.1. The molecule has 4 nitrogen and oxygen atoms in total. The lowest BCUT2D eigenvalue weighted by molar-refractivity contribution is -0.133. The van der Waals surface area contributed by atoms with Gasteiger partial charge in [-0.25, -0.2) is 0 Å². The van der Waals surface area contributed by atoms with Gasteiger partial charge in [0.1, 0.15) is 0 Å². The van der Waals surface area contributed by atoms with Gasteiger partial charge in [0, 0.05) is 13.0 Å². The summed E-state index contributed by atoms with van der Waals surface area (Å²) >= 11 is 0. The van der Waals surface area contributed by atoms with Crippen molar-refractivity contribution in [2.75, 3.05) is 19.7 Å². The van der Waals surface area contributed by atoms with Crippen molar-refractivity contribution in [3.63, 3.8) is 0 Å². The van der Waals surface area contributed by atoms with E-state index in [0.717, 1.165) is 25.8 Å². The molecule has 1 rings (SSSR count). The Morgan fingerprint density at radius 3 is 2.76 bits per heavy atom. The summed E-state index contributed by atoms with van der Waals surface area (Å²) in [4.78, 5) is 14.0. The average Bonchev–Trinajstić information content (AvgIpc) is 2.75. The van der Waals surface area contributed by atoms with Gasteiger partial charge in [0.05, 0.1) is 12.6 Å².